The largest absolute Gasteiger partial charge is 0.506 e. The molecule has 6 nitrogen and oxygen atoms in total. The Morgan fingerprint density at radius 3 is 2.32 bits per heavy atom. The fourth-order valence-corrected chi connectivity index (χ4v) is 2.69. The summed E-state index contributed by atoms with van der Waals surface area (Å²) in [5.41, 5.74) is 2.43. The Balaban J connectivity index is 1.68. The second-order valence-electron chi connectivity index (χ2n) is 6.05. The van der Waals surface area contributed by atoms with Crippen molar-refractivity contribution >= 4 is 23.4 Å². The number of nitrogens with one attached hydrogen (secondary N) is 1. The summed E-state index contributed by atoms with van der Waals surface area (Å²) in [5.74, 6) is -0.668. The number of likely N-dealkylation sites (tertiary alicyclic amines) is 1. The first-order chi connectivity index (χ1) is 11.9. The monoisotopic (exact) mass is 338 g/mol. The van der Waals surface area contributed by atoms with Gasteiger partial charge in [-0.05, 0) is 42.3 Å². The van der Waals surface area contributed by atoms with Crippen molar-refractivity contribution in [3.63, 3.8) is 0 Å². The number of phenolic OH excluding ortho intramolecular Hbond substituents is 1. The van der Waals surface area contributed by atoms with Crippen molar-refractivity contribution < 1.29 is 19.5 Å². The summed E-state index contributed by atoms with van der Waals surface area (Å²) in [5, 5.41) is 12.5. The number of benzene rings is 2. The molecule has 2 aromatic carbocycles. The molecule has 3 amide bonds. The molecule has 2 N–H and O–H groups in total. The molecule has 0 saturated carbocycles. The molecule has 1 saturated heterocycles. The molecule has 6 heteroatoms. The molecule has 0 aliphatic carbocycles. The van der Waals surface area contributed by atoms with E-state index in [0.717, 1.165) is 11.1 Å². The van der Waals surface area contributed by atoms with E-state index in [1.807, 2.05) is 6.92 Å². The first-order valence-corrected chi connectivity index (χ1v) is 7.97. The second kappa shape index (κ2) is 6.76. The van der Waals surface area contributed by atoms with Gasteiger partial charge in [0.2, 0.25) is 11.8 Å². The molecule has 1 fully saturated rings. The Hall–Kier alpha value is -3.15. The number of hydrogen-bond acceptors (Lipinski definition) is 4. The van der Waals surface area contributed by atoms with Crippen molar-refractivity contribution in [1.82, 2.24) is 4.90 Å². The lowest BCUT2D eigenvalue weighted by Crippen LogP contribution is -2.28. The summed E-state index contributed by atoms with van der Waals surface area (Å²) < 4.78 is 0. The predicted molar refractivity (Wildman–Crippen MR) is 92.0 cm³/mol. The molecule has 1 aliphatic rings. The van der Waals surface area contributed by atoms with Crippen molar-refractivity contribution in [3.05, 3.63) is 59.2 Å². The van der Waals surface area contributed by atoms with E-state index in [9.17, 15) is 19.5 Å². The van der Waals surface area contributed by atoms with Gasteiger partial charge >= 0.3 is 0 Å². The number of amides is 3. The molecule has 0 unspecified atom stereocenters. The van der Waals surface area contributed by atoms with Crippen molar-refractivity contribution in [3.8, 4) is 5.75 Å². The molecule has 0 aromatic heterocycles. The standard InChI is InChI=1S/C19H18N2O4/c1-12-2-7-15(16(22)10-12)20-19(25)14-5-3-13(4-6-14)11-21-17(23)8-9-18(21)24/h2-7,10,22H,8-9,11H2,1H3,(H,20,25). The minimum atomic E-state index is -0.348. The van der Waals surface area contributed by atoms with E-state index in [2.05, 4.69) is 5.32 Å². The number of aryl methyl sites for hydroxylation is 1. The molecule has 2 aromatic rings. The SMILES string of the molecule is Cc1ccc(NC(=O)c2ccc(CN3C(=O)CCC3=O)cc2)c(O)c1. The third-order valence-electron chi connectivity index (χ3n) is 4.11. The molecule has 0 bridgehead atoms. The fourth-order valence-electron chi connectivity index (χ4n) is 2.69. The molecule has 1 aliphatic heterocycles. The Labute approximate surface area is 145 Å². The maximum Gasteiger partial charge on any atom is 0.255 e. The third kappa shape index (κ3) is 3.68. The van der Waals surface area contributed by atoms with Crippen LogP contribution in [0.3, 0.4) is 0 Å². The lowest BCUT2D eigenvalue weighted by atomic mass is 10.1. The van der Waals surface area contributed by atoms with Crippen LogP contribution in [0.1, 0.15) is 34.3 Å². The van der Waals surface area contributed by atoms with Gasteiger partial charge in [-0.15, -0.1) is 0 Å². The van der Waals surface area contributed by atoms with Crippen molar-refractivity contribution in [2.75, 3.05) is 5.32 Å². The van der Waals surface area contributed by atoms with Crippen LogP contribution in [-0.2, 0) is 16.1 Å². The minimum Gasteiger partial charge on any atom is -0.506 e. The number of nitrogens with zero attached hydrogens (tertiary/aromatic N) is 1. The van der Waals surface area contributed by atoms with Crippen LogP contribution in [-0.4, -0.2) is 27.7 Å². The van der Waals surface area contributed by atoms with Crippen LogP contribution < -0.4 is 5.32 Å². The zero-order chi connectivity index (χ0) is 18.0. The van der Waals surface area contributed by atoms with E-state index in [1.165, 1.54) is 4.90 Å². The number of imide groups is 1. The summed E-state index contributed by atoms with van der Waals surface area (Å²) >= 11 is 0. The number of anilines is 1. The zero-order valence-corrected chi connectivity index (χ0v) is 13.8. The highest BCUT2D eigenvalue weighted by atomic mass is 16.3. The second-order valence-corrected chi connectivity index (χ2v) is 6.05. The molecule has 3 rings (SSSR count). The van der Waals surface area contributed by atoms with Crippen LogP contribution in [0.4, 0.5) is 5.69 Å². The Morgan fingerprint density at radius 1 is 1.08 bits per heavy atom. The quantitative estimate of drug-likeness (QED) is 0.663. The molecule has 1 heterocycles. The summed E-state index contributed by atoms with van der Waals surface area (Å²) in [4.78, 5) is 36.8. The van der Waals surface area contributed by atoms with Gasteiger partial charge in [-0.3, -0.25) is 19.3 Å². The number of rotatable bonds is 4. The lowest BCUT2D eigenvalue weighted by molar-refractivity contribution is -0.139. The lowest BCUT2D eigenvalue weighted by Gasteiger charge is -2.14. The summed E-state index contributed by atoms with van der Waals surface area (Å²) in [6.45, 7) is 2.07. The van der Waals surface area contributed by atoms with Crippen LogP contribution in [0.15, 0.2) is 42.5 Å². The van der Waals surface area contributed by atoms with E-state index >= 15 is 0 Å². The van der Waals surface area contributed by atoms with Crippen molar-refractivity contribution in [1.29, 1.82) is 0 Å². The molecule has 128 valence electrons. The zero-order valence-electron chi connectivity index (χ0n) is 13.8. The van der Waals surface area contributed by atoms with Gasteiger partial charge in [-0.2, -0.15) is 0 Å². The average molecular weight is 338 g/mol. The molecule has 0 spiro atoms. The van der Waals surface area contributed by atoms with Crippen LogP contribution in [0, 0.1) is 6.92 Å². The van der Waals surface area contributed by atoms with Gasteiger partial charge in [0.15, 0.2) is 0 Å². The van der Waals surface area contributed by atoms with E-state index < -0.39 is 0 Å². The van der Waals surface area contributed by atoms with Crippen LogP contribution in [0.25, 0.3) is 0 Å². The number of phenols is 1. The van der Waals surface area contributed by atoms with Crippen LogP contribution in [0.2, 0.25) is 0 Å². The van der Waals surface area contributed by atoms with Gasteiger partial charge in [0.1, 0.15) is 5.75 Å². The predicted octanol–water partition coefficient (Wildman–Crippen LogP) is 2.60. The number of hydrogen-bond donors (Lipinski definition) is 2. The maximum absolute atomic E-state index is 12.3. The Bertz CT molecular complexity index is 827. The molecule has 0 atom stereocenters. The highest BCUT2D eigenvalue weighted by molar-refractivity contribution is 6.05. The van der Waals surface area contributed by atoms with Gasteiger partial charge in [0, 0.05) is 18.4 Å². The molecular weight excluding hydrogens is 320 g/mol. The first kappa shape index (κ1) is 16.7. The highest BCUT2D eigenvalue weighted by Gasteiger charge is 2.28. The normalized spacial score (nSPS) is 14.0. The fraction of sp³-hybridized carbons (Fsp3) is 0.211. The Morgan fingerprint density at radius 2 is 1.72 bits per heavy atom. The molecule has 25 heavy (non-hydrogen) atoms. The minimum absolute atomic E-state index is 0.0102. The molecular formula is C19H18N2O4. The smallest absolute Gasteiger partial charge is 0.255 e. The van der Waals surface area contributed by atoms with Crippen LogP contribution in [0.5, 0.6) is 5.75 Å². The van der Waals surface area contributed by atoms with E-state index in [0.29, 0.717) is 11.3 Å². The summed E-state index contributed by atoms with van der Waals surface area (Å²) in [6, 6.07) is 11.7. The van der Waals surface area contributed by atoms with Gasteiger partial charge in [0.05, 0.1) is 12.2 Å². The number of carbonyl (C=O) groups excluding carboxylic acids is 3. The summed E-state index contributed by atoms with van der Waals surface area (Å²) in [7, 11) is 0. The Kier molecular flexibility index (Phi) is 4.52. The first-order valence-electron chi connectivity index (χ1n) is 7.97. The van der Waals surface area contributed by atoms with E-state index in [1.54, 1.807) is 42.5 Å². The maximum atomic E-state index is 12.3. The number of aromatic hydroxyl groups is 1. The van der Waals surface area contributed by atoms with Crippen molar-refractivity contribution in [2.45, 2.75) is 26.3 Å². The van der Waals surface area contributed by atoms with Gasteiger partial charge in [-0.1, -0.05) is 18.2 Å². The van der Waals surface area contributed by atoms with E-state index in [4.69, 9.17) is 0 Å². The highest BCUT2D eigenvalue weighted by Crippen LogP contribution is 2.24. The third-order valence-corrected chi connectivity index (χ3v) is 4.11. The average Bonchev–Trinajstić information content (AvgIpc) is 2.90. The van der Waals surface area contributed by atoms with Gasteiger partial charge < -0.3 is 10.4 Å². The molecule has 0 radical (unpaired) electrons. The van der Waals surface area contributed by atoms with Crippen molar-refractivity contribution in [2.24, 2.45) is 0 Å². The van der Waals surface area contributed by atoms with E-state index in [-0.39, 0.29) is 42.9 Å². The summed E-state index contributed by atoms with van der Waals surface area (Å²) in [6.07, 6.45) is 0.527. The van der Waals surface area contributed by atoms with Crippen LogP contribution >= 0.6 is 0 Å². The topological polar surface area (TPSA) is 86.7 Å². The number of carbonyl (C=O) groups is 3. The van der Waals surface area contributed by atoms with Gasteiger partial charge in [0.25, 0.3) is 5.91 Å². The van der Waals surface area contributed by atoms with Gasteiger partial charge in [-0.25, -0.2) is 0 Å².